The van der Waals surface area contributed by atoms with E-state index < -0.39 is 0 Å². The maximum Gasteiger partial charge on any atom is 0.144 e. The van der Waals surface area contributed by atoms with Gasteiger partial charge in [0.1, 0.15) is 11.2 Å². The lowest BCUT2D eigenvalue weighted by Gasteiger charge is -2.25. The first kappa shape index (κ1) is 23.0. The van der Waals surface area contributed by atoms with E-state index in [4.69, 9.17) is 9.40 Å². The van der Waals surface area contributed by atoms with Crippen molar-refractivity contribution < 1.29 is 4.42 Å². The highest BCUT2D eigenvalue weighted by molar-refractivity contribution is 7.19. The fourth-order valence-corrected chi connectivity index (χ4v) is 6.63. The van der Waals surface area contributed by atoms with Crippen molar-refractivity contribution in [1.82, 2.24) is 4.98 Å². The summed E-state index contributed by atoms with van der Waals surface area (Å²) in [7, 11) is 0. The van der Waals surface area contributed by atoms with Crippen LogP contribution in [0.15, 0.2) is 65.2 Å². The van der Waals surface area contributed by atoms with Crippen LogP contribution in [0.5, 0.6) is 0 Å². The minimum absolute atomic E-state index is 0.0407. The summed E-state index contributed by atoms with van der Waals surface area (Å²) >= 11 is 1.84. The van der Waals surface area contributed by atoms with Gasteiger partial charge in [0.15, 0.2) is 0 Å². The molecule has 2 nitrogen and oxygen atoms in total. The molecule has 36 heavy (non-hydrogen) atoms. The van der Waals surface area contributed by atoms with E-state index in [0.717, 1.165) is 27.8 Å². The van der Waals surface area contributed by atoms with Crippen LogP contribution in [0.1, 0.15) is 47.9 Å². The van der Waals surface area contributed by atoms with Gasteiger partial charge in [-0.3, -0.25) is 4.98 Å². The second kappa shape index (κ2) is 8.04. The molecule has 3 heterocycles. The molecule has 0 unspecified atom stereocenters. The highest BCUT2D eigenvalue weighted by atomic mass is 32.1. The van der Waals surface area contributed by atoms with Gasteiger partial charge < -0.3 is 4.42 Å². The van der Waals surface area contributed by atoms with Crippen LogP contribution < -0.4 is 0 Å². The number of furan rings is 1. The third kappa shape index (κ3) is 3.41. The maximum atomic E-state index is 6.69. The van der Waals surface area contributed by atoms with Crippen LogP contribution in [0.4, 0.5) is 0 Å². The fourth-order valence-electron chi connectivity index (χ4n) is 5.56. The molecule has 180 valence electrons. The van der Waals surface area contributed by atoms with Gasteiger partial charge in [0.05, 0.1) is 5.69 Å². The largest absolute Gasteiger partial charge is 0.455 e. The summed E-state index contributed by atoms with van der Waals surface area (Å²) in [5.74, 6) is 0. The van der Waals surface area contributed by atoms with Crippen molar-refractivity contribution in [3.63, 3.8) is 0 Å². The van der Waals surface area contributed by atoms with Crippen LogP contribution >= 0.6 is 11.3 Å². The third-order valence-corrected chi connectivity index (χ3v) is 8.71. The number of rotatable bonds is 2. The summed E-state index contributed by atoms with van der Waals surface area (Å²) in [6.07, 6.45) is 2.07. The van der Waals surface area contributed by atoms with E-state index in [0.29, 0.717) is 0 Å². The predicted octanol–water partition coefficient (Wildman–Crippen LogP) is 10.1. The van der Waals surface area contributed by atoms with Gasteiger partial charge in [-0.2, -0.15) is 0 Å². The lowest BCUT2D eigenvalue weighted by Crippen LogP contribution is -2.14. The zero-order valence-electron chi connectivity index (χ0n) is 22.0. The summed E-state index contributed by atoms with van der Waals surface area (Å²) < 4.78 is 7.97. The average Bonchev–Trinajstić information content (AvgIpc) is 3.35. The first-order valence-electron chi connectivity index (χ1n) is 12.6. The minimum Gasteiger partial charge on any atom is -0.455 e. The monoisotopic (exact) mass is 489 g/mol. The van der Waals surface area contributed by atoms with Crippen molar-refractivity contribution in [2.24, 2.45) is 0 Å². The number of para-hydroxylation sites is 1. The minimum atomic E-state index is -0.0407. The molecule has 0 saturated heterocycles. The van der Waals surface area contributed by atoms with Crippen LogP contribution in [-0.4, -0.2) is 4.98 Å². The molecule has 0 N–H and O–H groups in total. The topological polar surface area (TPSA) is 26.0 Å². The van der Waals surface area contributed by atoms with E-state index >= 15 is 0 Å². The summed E-state index contributed by atoms with van der Waals surface area (Å²) in [6.45, 7) is 15.6. The molecule has 6 aromatic rings. The quantitative estimate of drug-likeness (QED) is 0.242. The van der Waals surface area contributed by atoms with E-state index in [9.17, 15) is 0 Å². The van der Waals surface area contributed by atoms with Crippen molar-refractivity contribution in [2.75, 3.05) is 0 Å². The van der Waals surface area contributed by atoms with Gasteiger partial charge in [-0.25, -0.2) is 0 Å². The fraction of sp³-hybridized carbons (Fsp3) is 0.242. The van der Waals surface area contributed by atoms with E-state index in [-0.39, 0.29) is 5.41 Å². The van der Waals surface area contributed by atoms with Crippen molar-refractivity contribution in [3.05, 3.63) is 87.9 Å². The Bertz CT molecular complexity index is 1790. The molecule has 0 aliphatic heterocycles. The number of hydrogen-bond donors (Lipinski definition) is 0. The van der Waals surface area contributed by atoms with Crippen LogP contribution in [-0.2, 0) is 5.41 Å². The summed E-state index contributed by atoms with van der Waals surface area (Å²) in [4.78, 5) is 6.37. The van der Waals surface area contributed by atoms with Gasteiger partial charge in [-0.15, -0.1) is 11.3 Å². The third-order valence-electron chi connectivity index (χ3n) is 7.53. The Morgan fingerprint density at radius 3 is 2.19 bits per heavy atom. The Morgan fingerprint density at radius 1 is 0.778 bits per heavy atom. The van der Waals surface area contributed by atoms with E-state index in [1.54, 1.807) is 0 Å². The molecule has 0 fully saturated rings. The van der Waals surface area contributed by atoms with Gasteiger partial charge in [0, 0.05) is 43.1 Å². The Hall–Kier alpha value is -3.43. The molecule has 0 aliphatic rings. The Balaban J connectivity index is 1.63. The van der Waals surface area contributed by atoms with Gasteiger partial charge in [-0.05, 0) is 85.2 Å². The second-order valence-corrected chi connectivity index (χ2v) is 12.3. The van der Waals surface area contributed by atoms with Crippen LogP contribution in [0, 0.1) is 27.7 Å². The zero-order valence-corrected chi connectivity index (χ0v) is 22.9. The highest BCUT2D eigenvalue weighted by Crippen LogP contribution is 2.43. The normalized spacial score (nSPS) is 12.3. The smallest absolute Gasteiger partial charge is 0.144 e. The highest BCUT2D eigenvalue weighted by Gasteiger charge is 2.24. The number of aryl methyl sites for hydroxylation is 4. The SMILES string of the molecule is Cc1cccc(C)c1-c1cnc(-c2cccc3c2oc2c3ccc3sc(C)c(C)c32)cc1C(C)(C)C. The standard InChI is InChI=1S/C33H31NOS/c1-18-10-8-11-19(2)29(18)25-17-34-27(16-26(25)33(5,6)7)24-13-9-12-22-23-14-15-28-30(20(3)21(4)36-28)32(23)35-31(22)24/h8-17H,1-7H3. The van der Waals surface area contributed by atoms with E-state index in [1.807, 2.05) is 11.3 Å². The van der Waals surface area contributed by atoms with Crippen LogP contribution in [0.3, 0.4) is 0 Å². The lowest BCUT2D eigenvalue weighted by atomic mass is 9.80. The summed E-state index contributed by atoms with van der Waals surface area (Å²) in [5, 5.41) is 3.56. The summed E-state index contributed by atoms with van der Waals surface area (Å²) in [6, 6.07) is 19.7. The van der Waals surface area contributed by atoms with E-state index in [1.165, 1.54) is 53.7 Å². The average molecular weight is 490 g/mol. The number of nitrogens with zero attached hydrogens (tertiary/aromatic N) is 1. The second-order valence-electron chi connectivity index (χ2n) is 11.0. The predicted molar refractivity (Wildman–Crippen MR) is 155 cm³/mol. The lowest BCUT2D eigenvalue weighted by molar-refractivity contribution is 0.591. The number of fused-ring (bicyclic) bond motifs is 5. The molecule has 3 aromatic carbocycles. The first-order chi connectivity index (χ1) is 17.1. The van der Waals surface area contributed by atoms with Gasteiger partial charge in [0.25, 0.3) is 0 Å². The molecule has 0 aliphatic carbocycles. The summed E-state index contributed by atoms with van der Waals surface area (Å²) in [5.41, 5.74) is 11.5. The van der Waals surface area contributed by atoms with Crippen molar-refractivity contribution in [1.29, 1.82) is 0 Å². The molecule has 0 spiro atoms. The Kier molecular flexibility index (Phi) is 5.14. The first-order valence-corrected chi connectivity index (χ1v) is 13.4. The van der Waals surface area contributed by atoms with Crippen molar-refractivity contribution >= 4 is 43.4 Å². The van der Waals surface area contributed by atoms with Crippen molar-refractivity contribution in [2.45, 2.75) is 53.9 Å². The Morgan fingerprint density at radius 2 is 1.47 bits per heavy atom. The molecule has 3 aromatic heterocycles. The maximum absolute atomic E-state index is 6.69. The number of hydrogen-bond acceptors (Lipinski definition) is 3. The number of pyridine rings is 1. The molecule has 0 atom stereocenters. The molecule has 0 bridgehead atoms. The molecule has 6 rings (SSSR count). The van der Waals surface area contributed by atoms with Crippen LogP contribution in [0.2, 0.25) is 0 Å². The van der Waals surface area contributed by atoms with E-state index in [2.05, 4.69) is 109 Å². The zero-order chi connectivity index (χ0) is 25.4. The van der Waals surface area contributed by atoms with Crippen LogP contribution in [0.25, 0.3) is 54.4 Å². The molecule has 0 radical (unpaired) electrons. The number of thiophene rings is 1. The molecule has 3 heteroatoms. The van der Waals surface area contributed by atoms with Gasteiger partial charge >= 0.3 is 0 Å². The molecular weight excluding hydrogens is 458 g/mol. The molecule has 0 amide bonds. The van der Waals surface area contributed by atoms with Crippen molar-refractivity contribution in [3.8, 4) is 22.4 Å². The number of aromatic nitrogens is 1. The molecule has 0 saturated carbocycles. The van der Waals surface area contributed by atoms with Gasteiger partial charge in [-0.1, -0.05) is 51.1 Å². The van der Waals surface area contributed by atoms with Gasteiger partial charge in [0.2, 0.25) is 0 Å². The molecular formula is C33H31NOS. The Labute approximate surface area is 216 Å². The number of benzene rings is 3.